The van der Waals surface area contributed by atoms with Crippen LogP contribution in [0.25, 0.3) is 0 Å². The van der Waals surface area contributed by atoms with E-state index in [0.717, 1.165) is 30.3 Å². The summed E-state index contributed by atoms with van der Waals surface area (Å²) in [5, 5.41) is 0. The first-order valence-corrected chi connectivity index (χ1v) is 10.7. The van der Waals surface area contributed by atoms with Gasteiger partial charge in [0.05, 0.1) is 6.61 Å². The molecule has 0 atom stereocenters. The van der Waals surface area contributed by atoms with Crippen LogP contribution in [0.1, 0.15) is 108 Å². The van der Waals surface area contributed by atoms with Crippen molar-refractivity contribution in [3.63, 3.8) is 0 Å². The normalized spacial score (nSPS) is 20.7. The van der Waals surface area contributed by atoms with Gasteiger partial charge in [0.2, 0.25) is 0 Å². The van der Waals surface area contributed by atoms with Crippen molar-refractivity contribution in [3.05, 3.63) is 23.8 Å². The van der Waals surface area contributed by atoms with Crippen LogP contribution in [-0.2, 0) is 11.3 Å². The molecule has 0 unspecified atom stereocenters. The van der Waals surface area contributed by atoms with Crippen molar-refractivity contribution in [2.45, 2.75) is 103 Å². The van der Waals surface area contributed by atoms with E-state index in [2.05, 4.69) is 23.8 Å². The first-order chi connectivity index (χ1) is 12.3. The van der Waals surface area contributed by atoms with Crippen molar-refractivity contribution in [3.8, 4) is 0 Å². The molecule has 1 saturated carbocycles. The Hall–Kier alpha value is -0.960. The monoisotopic (exact) mass is 346 g/mol. The smallest absolute Gasteiger partial charge is 0.131 e. The summed E-state index contributed by atoms with van der Waals surface area (Å²) >= 11 is 0. The zero-order chi connectivity index (χ0) is 17.7. The Labute approximate surface area is 155 Å². The lowest BCUT2D eigenvalue weighted by molar-refractivity contribution is 0.117. The van der Waals surface area contributed by atoms with Crippen LogP contribution in [0.2, 0.25) is 0 Å². The predicted octanol–water partition coefficient (Wildman–Crippen LogP) is 6.43. The molecule has 0 amide bonds. The van der Waals surface area contributed by atoms with Crippen LogP contribution in [0.4, 0.5) is 0 Å². The quantitative estimate of drug-likeness (QED) is 0.409. The molecule has 0 bridgehead atoms. The lowest BCUT2D eigenvalue weighted by Gasteiger charge is -2.27. The van der Waals surface area contributed by atoms with E-state index in [1.807, 2.05) is 12.4 Å². The van der Waals surface area contributed by atoms with Gasteiger partial charge < -0.3 is 4.74 Å². The molecule has 142 valence electrons. The highest BCUT2D eigenvalue weighted by Crippen LogP contribution is 2.36. The number of ether oxygens (including phenoxy) is 1. The largest absolute Gasteiger partial charge is 0.377 e. The third-order valence-electron chi connectivity index (χ3n) is 5.56. The Bertz CT molecular complexity index is 438. The summed E-state index contributed by atoms with van der Waals surface area (Å²) in [6, 6.07) is 0. The van der Waals surface area contributed by atoms with E-state index in [1.54, 1.807) is 0 Å². The molecular formula is C22H38N2O. The molecule has 0 radical (unpaired) electrons. The van der Waals surface area contributed by atoms with Crippen molar-refractivity contribution in [2.75, 3.05) is 6.61 Å². The highest BCUT2D eigenvalue weighted by molar-refractivity contribution is 5.07. The molecular weight excluding hydrogens is 308 g/mol. The molecule has 0 saturated heterocycles. The SMILES string of the molecule is CCCCCCC[C@H]1CC[C@H](c2ncc(COCCCC)cn2)CC1. The van der Waals surface area contributed by atoms with Crippen LogP contribution >= 0.6 is 0 Å². The molecule has 2 rings (SSSR count). The lowest BCUT2D eigenvalue weighted by Crippen LogP contribution is -2.15. The number of nitrogens with zero attached hydrogens (tertiary/aromatic N) is 2. The van der Waals surface area contributed by atoms with Crippen molar-refractivity contribution >= 4 is 0 Å². The van der Waals surface area contributed by atoms with E-state index in [4.69, 9.17) is 4.74 Å². The first-order valence-electron chi connectivity index (χ1n) is 10.7. The molecule has 3 heteroatoms. The van der Waals surface area contributed by atoms with Crippen LogP contribution in [0, 0.1) is 5.92 Å². The topological polar surface area (TPSA) is 35.0 Å². The molecule has 0 N–H and O–H groups in total. The minimum atomic E-state index is 0.575. The summed E-state index contributed by atoms with van der Waals surface area (Å²) in [5.74, 6) is 2.58. The highest BCUT2D eigenvalue weighted by Gasteiger charge is 2.23. The molecule has 25 heavy (non-hydrogen) atoms. The van der Waals surface area contributed by atoms with Gasteiger partial charge >= 0.3 is 0 Å². The van der Waals surface area contributed by atoms with Gasteiger partial charge in [-0.2, -0.15) is 0 Å². The Morgan fingerprint density at radius 2 is 1.56 bits per heavy atom. The summed E-state index contributed by atoms with van der Waals surface area (Å²) in [4.78, 5) is 9.26. The minimum Gasteiger partial charge on any atom is -0.377 e. The van der Waals surface area contributed by atoms with Gasteiger partial charge in [-0.05, 0) is 38.0 Å². The zero-order valence-corrected chi connectivity index (χ0v) is 16.5. The maximum absolute atomic E-state index is 5.64. The van der Waals surface area contributed by atoms with E-state index in [9.17, 15) is 0 Å². The van der Waals surface area contributed by atoms with Crippen molar-refractivity contribution in [2.24, 2.45) is 5.92 Å². The molecule has 3 nitrogen and oxygen atoms in total. The van der Waals surface area contributed by atoms with Gasteiger partial charge in [-0.1, -0.05) is 58.8 Å². The standard InChI is InChI=1S/C22H38N2O/c1-3-5-7-8-9-10-19-11-13-21(14-12-19)22-23-16-20(17-24-22)18-25-15-6-4-2/h16-17,19,21H,3-15,18H2,1-2H3/t19-,21-. The van der Waals surface area contributed by atoms with Gasteiger partial charge in [-0.25, -0.2) is 9.97 Å². The maximum atomic E-state index is 5.64. The number of hydrogen-bond donors (Lipinski definition) is 0. The number of hydrogen-bond acceptors (Lipinski definition) is 3. The average Bonchev–Trinajstić information content (AvgIpc) is 2.66. The Morgan fingerprint density at radius 1 is 0.880 bits per heavy atom. The molecule has 0 aromatic carbocycles. The fourth-order valence-electron chi connectivity index (χ4n) is 3.83. The molecule has 0 aliphatic heterocycles. The van der Waals surface area contributed by atoms with E-state index in [-0.39, 0.29) is 0 Å². The maximum Gasteiger partial charge on any atom is 0.131 e. The van der Waals surface area contributed by atoms with Crippen molar-refractivity contribution in [1.82, 2.24) is 9.97 Å². The second-order valence-corrected chi connectivity index (χ2v) is 7.78. The third kappa shape index (κ3) is 7.85. The van der Waals surface area contributed by atoms with E-state index >= 15 is 0 Å². The van der Waals surface area contributed by atoms with Gasteiger partial charge in [0.25, 0.3) is 0 Å². The zero-order valence-electron chi connectivity index (χ0n) is 16.5. The summed E-state index contributed by atoms with van der Waals surface area (Å²) in [7, 11) is 0. The number of rotatable bonds is 12. The molecule has 1 aromatic heterocycles. The molecule has 1 aliphatic carbocycles. The van der Waals surface area contributed by atoms with Gasteiger partial charge in [-0.3, -0.25) is 0 Å². The van der Waals surface area contributed by atoms with Gasteiger partial charge in [0.15, 0.2) is 0 Å². The fraction of sp³-hybridized carbons (Fsp3) is 0.818. The Morgan fingerprint density at radius 3 is 2.24 bits per heavy atom. The minimum absolute atomic E-state index is 0.575. The number of unbranched alkanes of at least 4 members (excludes halogenated alkanes) is 5. The number of aromatic nitrogens is 2. The molecule has 0 spiro atoms. The fourth-order valence-corrected chi connectivity index (χ4v) is 3.83. The van der Waals surface area contributed by atoms with Crippen LogP contribution in [0.3, 0.4) is 0 Å². The van der Waals surface area contributed by atoms with E-state index in [1.165, 1.54) is 70.6 Å². The molecule has 1 fully saturated rings. The van der Waals surface area contributed by atoms with E-state index in [0.29, 0.717) is 12.5 Å². The Balaban J connectivity index is 1.64. The summed E-state index contributed by atoms with van der Waals surface area (Å²) in [6.07, 6.45) is 20.0. The van der Waals surface area contributed by atoms with Gasteiger partial charge in [0, 0.05) is 30.5 Å². The average molecular weight is 347 g/mol. The molecule has 1 aliphatic rings. The molecule has 1 heterocycles. The Kier molecular flexibility index (Phi) is 10.1. The van der Waals surface area contributed by atoms with Crippen LogP contribution in [0.5, 0.6) is 0 Å². The van der Waals surface area contributed by atoms with Crippen LogP contribution in [-0.4, -0.2) is 16.6 Å². The molecule has 1 aromatic rings. The van der Waals surface area contributed by atoms with Crippen LogP contribution < -0.4 is 0 Å². The van der Waals surface area contributed by atoms with Crippen molar-refractivity contribution < 1.29 is 4.74 Å². The van der Waals surface area contributed by atoms with Gasteiger partial charge in [0.1, 0.15) is 5.82 Å². The highest BCUT2D eigenvalue weighted by atomic mass is 16.5. The summed E-state index contributed by atoms with van der Waals surface area (Å²) < 4.78 is 5.64. The van der Waals surface area contributed by atoms with Gasteiger partial charge in [-0.15, -0.1) is 0 Å². The second-order valence-electron chi connectivity index (χ2n) is 7.78. The van der Waals surface area contributed by atoms with Crippen molar-refractivity contribution in [1.29, 1.82) is 0 Å². The first kappa shape index (κ1) is 20.4. The second kappa shape index (κ2) is 12.4. The lowest BCUT2D eigenvalue weighted by atomic mass is 9.79. The van der Waals surface area contributed by atoms with Crippen LogP contribution in [0.15, 0.2) is 12.4 Å². The summed E-state index contributed by atoms with van der Waals surface area (Å²) in [6.45, 7) is 5.95. The van der Waals surface area contributed by atoms with E-state index < -0.39 is 0 Å². The predicted molar refractivity (Wildman–Crippen MR) is 105 cm³/mol. The third-order valence-corrected chi connectivity index (χ3v) is 5.56. The summed E-state index contributed by atoms with van der Waals surface area (Å²) in [5.41, 5.74) is 1.10.